The molecule has 26 heavy (non-hydrogen) atoms. The first-order valence-electron chi connectivity index (χ1n) is 9.58. The molecule has 0 spiro atoms. The molecule has 2 aliphatic rings. The Hall–Kier alpha value is -1.76. The van der Waals surface area contributed by atoms with Crippen LogP contribution in [-0.2, 0) is 16.3 Å². The van der Waals surface area contributed by atoms with Gasteiger partial charge in [0.1, 0.15) is 0 Å². The number of amides is 2. The molecule has 0 unspecified atom stereocenters. The molecule has 2 heterocycles. The molecule has 0 radical (unpaired) electrons. The van der Waals surface area contributed by atoms with E-state index >= 15 is 0 Å². The van der Waals surface area contributed by atoms with Crippen LogP contribution in [0.15, 0.2) is 24.3 Å². The summed E-state index contributed by atoms with van der Waals surface area (Å²) in [7, 11) is -2.98. The number of urea groups is 1. The van der Waals surface area contributed by atoms with Crippen molar-refractivity contribution in [3.05, 3.63) is 29.8 Å². The number of aryl methyl sites for hydroxylation is 1. The molecule has 2 amide bonds. The van der Waals surface area contributed by atoms with E-state index in [4.69, 9.17) is 0 Å². The number of para-hydroxylation sites is 1. The van der Waals surface area contributed by atoms with Gasteiger partial charge in [-0.3, -0.25) is 0 Å². The van der Waals surface area contributed by atoms with Crippen molar-refractivity contribution in [1.82, 2.24) is 10.2 Å². The quantitative estimate of drug-likeness (QED) is 0.768. The van der Waals surface area contributed by atoms with Crippen LogP contribution in [0.25, 0.3) is 0 Å². The van der Waals surface area contributed by atoms with E-state index in [1.54, 1.807) is 4.90 Å². The first-order chi connectivity index (χ1) is 12.5. The summed E-state index contributed by atoms with van der Waals surface area (Å²) in [6.45, 7) is 5.02. The predicted octanol–water partition coefficient (Wildman–Crippen LogP) is 2.05. The zero-order chi connectivity index (χ0) is 18.6. The number of nitrogens with one attached hydrogen (secondary N) is 1. The minimum Gasteiger partial charge on any atom is -0.371 e. The van der Waals surface area contributed by atoms with Gasteiger partial charge < -0.3 is 15.1 Å². The second-order valence-corrected chi connectivity index (χ2v) is 9.38. The molecular weight excluding hydrogens is 350 g/mol. The molecule has 1 aromatic rings. The standard InChI is InChI=1S/C19H29N3O3S/c1-2-22(17-10-14-26(24,25)15-17)19(23)20-11-6-13-21-12-5-8-16-7-3-4-9-18(16)21/h3-4,7,9,17H,2,5-6,8,10-15H2,1H3,(H,20,23)/t17-/m0/s1. The Morgan fingerprint density at radius 2 is 2.15 bits per heavy atom. The van der Waals surface area contributed by atoms with Gasteiger partial charge in [0.25, 0.3) is 0 Å². The lowest BCUT2D eigenvalue weighted by molar-refractivity contribution is 0.184. The number of fused-ring (bicyclic) bond motifs is 1. The molecule has 7 heteroatoms. The molecule has 1 fully saturated rings. The maximum atomic E-state index is 12.4. The van der Waals surface area contributed by atoms with Crippen LogP contribution in [0.5, 0.6) is 0 Å². The molecule has 1 N–H and O–H groups in total. The van der Waals surface area contributed by atoms with E-state index in [2.05, 4.69) is 34.5 Å². The van der Waals surface area contributed by atoms with E-state index in [0.29, 0.717) is 19.5 Å². The number of nitrogens with zero attached hydrogens (tertiary/aromatic N) is 2. The van der Waals surface area contributed by atoms with E-state index in [9.17, 15) is 13.2 Å². The highest BCUT2D eigenvalue weighted by molar-refractivity contribution is 7.91. The van der Waals surface area contributed by atoms with Gasteiger partial charge >= 0.3 is 6.03 Å². The molecule has 6 nitrogen and oxygen atoms in total. The molecule has 1 saturated heterocycles. The van der Waals surface area contributed by atoms with Crippen LogP contribution >= 0.6 is 0 Å². The number of rotatable bonds is 6. The van der Waals surface area contributed by atoms with Crippen LogP contribution in [0.2, 0.25) is 0 Å². The van der Waals surface area contributed by atoms with Crippen molar-refractivity contribution in [2.45, 2.75) is 38.6 Å². The third-order valence-electron chi connectivity index (χ3n) is 5.34. The summed E-state index contributed by atoms with van der Waals surface area (Å²) in [5.74, 6) is 0.286. The van der Waals surface area contributed by atoms with Gasteiger partial charge in [0.15, 0.2) is 9.84 Å². The smallest absolute Gasteiger partial charge is 0.317 e. The molecule has 0 aromatic heterocycles. The number of hydrogen-bond donors (Lipinski definition) is 1. The predicted molar refractivity (Wildman–Crippen MR) is 104 cm³/mol. The molecule has 3 rings (SSSR count). The van der Waals surface area contributed by atoms with Crippen LogP contribution in [0.4, 0.5) is 10.5 Å². The van der Waals surface area contributed by atoms with Gasteiger partial charge in [-0.15, -0.1) is 0 Å². The van der Waals surface area contributed by atoms with Crippen LogP contribution in [0, 0.1) is 0 Å². The van der Waals surface area contributed by atoms with E-state index in [1.807, 2.05) is 6.92 Å². The van der Waals surface area contributed by atoms with Crippen molar-refractivity contribution in [3.63, 3.8) is 0 Å². The van der Waals surface area contributed by atoms with Crippen molar-refractivity contribution in [3.8, 4) is 0 Å². The highest BCUT2D eigenvalue weighted by atomic mass is 32.2. The summed E-state index contributed by atoms with van der Waals surface area (Å²) >= 11 is 0. The lowest BCUT2D eigenvalue weighted by Crippen LogP contribution is -2.47. The maximum absolute atomic E-state index is 12.4. The lowest BCUT2D eigenvalue weighted by Gasteiger charge is -2.31. The monoisotopic (exact) mass is 379 g/mol. The first kappa shape index (κ1) is 19.0. The average Bonchev–Trinajstić information content (AvgIpc) is 2.99. The molecule has 0 aliphatic carbocycles. The highest BCUT2D eigenvalue weighted by Gasteiger charge is 2.33. The zero-order valence-electron chi connectivity index (χ0n) is 15.5. The maximum Gasteiger partial charge on any atom is 0.317 e. The number of anilines is 1. The largest absolute Gasteiger partial charge is 0.371 e. The Balaban J connectivity index is 1.45. The Bertz CT molecular complexity index is 735. The summed E-state index contributed by atoms with van der Waals surface area (Å²) in [6, 6.07) is 8.20. The SMILES string of the molecule is CCN(C(=O)NCCCN1CCCc2ccccc21)[C@H]1CCS(=O)(=O)C1. The minimum atomic E-state index is -2.98. The van der Waals surface area contributed by atoms with E-state index < -0.39 is 9.84 Å². The van der Waals surface area contributed by atoms with Crippen molar-refractivity contribution in [2.24, 2.45) is 0 Å². The summed E-state index contributed by atoms with van der Waals surface area (Å²) < 4.78 is 23.3. The van der Waals surface area contributed by atoms with Gasteiger partial charge in [0.05, 0.1) is 11.5 Å². The van der Waals surface area contributed by atoms with Crippen molar-refractivity contribution in [2.75, 3.05) is 42.6 Å². The van der Waals surface area contributed by atoms with Gasteiger partial charge in [-0.25, -0.2) is 13.2 Å². The van der Waals surface area contributed by atoms with Crippen LogP contribution < -0.4 is 10.2 Å². The fourth-order valence-electron chi connectivity index (χ4n) is 4.00. The molecule has 144 valence electrons. The molecular formula is C19H29N3O3S. The summed E-state index contributed by atoms with van der Waals surface area (Å²) in [5.41, 5.74) is 2.72. The molecule has 1 atom stereocenters. The van der Waals surface area contributed by atoms with Gasteiger partial charge in [-0.2, -0.15) is 0 Å². The van der Waals surface area contributed by atoms with Gasteiger partial charge in [-0.05, 0) is 44.2 Å². The van der Waals surface area contributed by atoms with E-state index in [-0.39, 0.29) is 23.6 Å². The summed E-state index contributed by atoms with van der Waals surface area (Å²) in [5, 5.41) is 2.97. The molecule has 2 aliphatic heterocycles. The summed E-state index contributed by atoms with van der Waals surface area (Å²) in [4.78, 5) is 16.5. The van der Waals surface area contributed by atoms with E-state index in [0.717, 1.165) is 25.9 Å². The Morgan fingerprint density at radius 1 is 1.35 bits per heavy atom. The second-order valence-electron chi connectivity index (χ2n) is 7.15. The third-order valence-corrected chi connectivity index (χ3v) is 7.09. The third kappa shape index (κ3) is 4.50. The van der Waals surface area contributed by atoms with Crippen molar-refractivity contribution < 1.29 is 13.2 Å². The number of benzene rings is 1. The van der Waals surface area contributed by atoms with Gasteiger partial charge in [-0.1, -0.05) is 18.2 Å². The molecule has 0 saturated carbocycles. The topological polar surface area (TPSA) is 69.7 Å². The van der Waals surface area contributed by atoms with Crippen molar-refractivity contribution >= 4 is 21.6 Å². The Kier molecular flexibility index (Phi) is 6.06. The normalized spacial score (nSPS) is 21.3. The minimum absolute atomic E-state index is 0.0961. The fourth-order valence-corrected chi connectivity index (χ4v) is 5.73. The zero-order valence-corrected chi connectivity index (χ0v) is 16.3. The first-order valence-corrected chi connectivity index (χ1v) is 11.4. The van der Waals surface area contributed by atoms with Crippen LogP contribution in [0.1, 0.15) is 31.7 Å². The Morgan fingerprint density at radius 3 is 2.88 bits per heavy atom. The Labute approximate surface area is 156 Å². The van der Waals surface area contributed by atoms with Crippen LogP contribution in [-0.4, -0.2) is 63.1 Å². The molecule has 1 aromatic carbocycles. The fraction of sp³-hybridized carbons (Fsp3) is 0.632. The number of carbonyl (C=O) groups is 1. The van der Waals surface area contributed by atoms with Gasteiger partial charge in [0, 0.05) is 37.9 Å². The number of hydrogen-bond acceptors (Lipinski definition) is 4. The number of sulfone groups is 1. The summed E-state index contributed by atoms with van der Waals surface area (Å²) in [6.07, 6.45) is 3.73. The lowest BCUT2D eigenvalue weighted by atomic mass is 10.0. The van der Waals surface area contributed by atoms with Crippen LogP contribution in [0.3, 0.4) is 0 Å². The average molecular weight is 380 g/mol. The van der Waals surface area contributed by atoms with E-state index in [1.165, 1.54) is 17.7 Å². The highest BCUT2D eigenvalue weighted by Crippen LogP contribution is 2.26. The van der Waals surface area contributed by atoms with Gasteiger partial charge in [0.2, 0.25) is 0 Å². The molecule has 0 bridgehead atoms. The van der Waals surface area contributed by atoms with Crippen molar-refractivity contribution in [1.29, 1.82) is 0 Å². The number of carbonyl (C=O) groups excluding carboxylic acids is 1. The second kappa shape index (κ2) is 8.29.